The zero-order chi connectivity index (χ0) is 21.1. The summed E-state index contributed by atoms with van der Waals surface area (Å²) in [6.45, 7) is 2.21. The molecule has 0 spiro atoms. The number of likely N-dealkylation sites (N-methyl/N-ethyl adjacent to an activating group) is 1. The smallest absolute Gasteiger partial charge is 0.262 e. The molecule has 0 radical (unpaired) electrons. The lowest BCUT2D eigenvalue weighted by molar-refractivity contribution is -0.132. The van der Waals surface area contributed by atoms with E-state index >= 15 is 0 Å². The van der Waals surface area contributed by atoms with Crippen LogP contribution in [0.2, 0.25) is 0 Å². The van der Waals surface area contributed by atoms with E-state index in [0.29, 0.717) is 23.6 Å². The van der Waals surface area contributed by atoms with Crippen LogP contribution in [0.25, 0.3) is 10.9 Å². The predicted octanol–water partition coefficient (Wildman–Crippen LogP) is 4.13. The molecule has 0 aliphatic rings. The van der Waals surface area contributed by atoms with Gasteiger partial charge in [0.2, 0.25) is 5.91 Å². The van der Waals surface area contributed by atoms with Crippen LogP contribution in [0.1, 0.15) is 26.8 Å². The third kappa shape index (κ3) is 4.31. The zero-order valence-electron chi connectivity index (χ0n) is 16.8. The number of aromatic nitrogens is 1. The SMILES string of the molecule is Cc1ccc(CN(C)C(=O)[C@H](Cc2c[nH]c3ccccc23)NC(=O)c2cccs2)o1. The number of carbonyl (C=O) groups excluding carboxylic acids is 2. The van der Waals surface area contributed by atoms with Crippen molar-refractivity contribution >= 4 is 34.1 Å². The fraction of sp³-hybridized carbons (Fsp3) is 0.217. The molecule has 3 aromatic heterocycles. The van der Waals surface area contributed by atoms with Gasteiger partial charge < -0.3 is 19.6 Å². The Morgan fingerprint density at radius 1 is 1.17 bits per heavy atom. The minimum absolute atomic E-state index is 0.167. The number of furan rings is 1. The highest BCUT2D eigenvalue weighted by Gasteiger charge is 2.26. The van der Waals surface area contributed by atoms with Crippen LogP contribution < -0.4 is 5.32 Å². The molecular weight excluding hydrogens is 398 g/mol. The Bertz CT molecular complexity index is 1160. The van der Waals surface area contributed by atoms with Crippen LogP contribution in [-0.4, -0.2) is 34.8 Å². The first-order valence-electron chi connectivity index (χ1n) is 9.71. The Morgan fingerprint density at radius 3 is 2.73 bits per heavy atom. The number of benzene rings is 1. The molecule has 2 N–H and O–H groups in total. The maximum absolute atomic E-state index is 13.3. The number of nitrogens with one attached hydrogen (secondary N) is 2. The minimum atomic E-state index is -0.695. The molecule has 1 aromatic carbocycles. The average Bonchev–Trinajstić information content (AvgIpc) is 3.49. The fourth-order valence-corrected chi connectivity index (χ4v) is 4.13. The quantitative estimate of drug-likeness (QED) is 0.471. The number of para-hydroxylation sites is 1. The Morgan fingerprint density at radius 2 is 2.00 bits per heavy atom. The van der Waals surface area contributed by atoms with Gasteiger partial charge in [-0.25, -0.2) is 0 Å². The molecule has 0 saturated carbocycles. The molecule has 0 bridgehead atoms. The summed E-state index contributed by atoms with van der Waals surface area (Å²) in [5, 5.41) is 5.82. The molecule has 7 heteroatoms. The van der Waals surface area contributed by atoms with Gasteiger partial charge in [0.25, 0.3) is 5.91 Å². The van der Waals surface area contributed by atoms with E-state index in [-0.39, 0.29) is 11.8 Å². The summed E-state index contributed by atoms with van der Waals surface area (Å²) in [6.07, 6.45) is 2.29. The third-order valence-electron chi connectivity index (χ3n) is 5.01. The zero-order valence-corrected chi connectivity index (χ0v) is 17.7. The summed E-state index contributed by atoms with van der Waals surface area (Å²) in [5.41, 5.74) is 1.99. The largest absolute Gasteiger partial charge is 0.464 e. The number of aryl methyl sites for hydroxylation is 1. The molecule has 3 heterocycles. The fourth-order valence-electron chi connectivity index (χ4n) is 3.51. The molecular formula is C23H23N3O3S. The number of hydrogen-bond donors (Lipinski definition) is 2. The summed E-state index contributed by atoms with van der Waals surface area (Å²) in [6, 6.07) is 14.5. The van der Waals surface area contributed by atoms with Crippen molar-refractivity contribution in [1.82, 2.24) is 15.2 Å². The van der Waals surface area contributed by atoms with E-state index in [9.17, 15) is 9.59 Å². The number of H-pyrrole nitrogens is 1. The number of carbonyl (C=O) groups is 2. The van der Waals surface area contributed by atoms with Crippen molar-refractivity contribution in [2.75, 3.05) is 7.05 Å². The van der Waals surface area contributed by atoms with Crippen molar-refractivity contribution in [1.29, 1.82) is 0 Å². The van der Waals surface area contributed by atoms with Gasteiger partial charge >= 0.3 is 0 Å². The number of amides is 2. The first-order valence-corrected chi connectivity index (χ1v) is 10.6. The topological polar surface area (TPSA) is 78.3 Å². The molecule has 4 aromatic rings. The molecule has 0 aliphatic heterocycles. The number of nitrogens with zero attached hydrogens (tertiary/aromatic N) is 1. The van der Waals surface area contributed by atoms with Crippen LogP contribution in [0.15, 0.2) is 64.5 Å². The second-order valence-electron chi connectivity index (χ2n) is 7.27. The Hall–Kier alpha value is -3.32. The van der Waals surface area contributed by atoms with E-state index < -0.39 is 6.04 Å². The minimum Gasteiger partial charge on any atom is -0.464 e. The van der Waals surface area contributed by atoms with Crippen LogP contribution in [0, 0.1) is 6.92 Å². The lowest BCUT2D eigenvalue weighted by Gasteiger charge is -2.24. The highest BCUT2D eigenvalue weighted by Crippen LogP contribution is 2.20. The first-order chi connectivity index (χ1) is 14.5. The molecule has 0 unspecified atom stereocenters. The first kappa shape index (κ1) is 20.0. The monoisotopic (exact) mass is 421 g/mol. The van der Waals surface area contributed by atoms with Gasteiger partial charge in [0.1, 0.15) is 17.6 Å². The van der Waals surface area contributed by atoms with Gasteiger partial charge in [-0.3, -0.25) is 9.59 Å². The molecule has 0 aliphatic carbocycles. The van der Waals surface area contributed by atoms with E-state index in [4.69, 9.17) is 4.42 Å². The molecule has 154 valence electrons. The highest BCUT2D eigenvalue weighted by molar-refractivity contribution is 7.12. The second kappa shape index (κ2) is 8.59. The molecule has 2 amide bonds. The molecule has 0 saturated heterocycles. The van der Waals surface area contributed by atoms with Gasteiger partial charge in [-0.15, -0.1) is 11.3 Å². The number of hydrogen-bond acceptors (Lipinski definition) is 4. The van der Waals surface area contributed by atoms with Crippen molar-refractivity contribution in [2.45, 2.75) is 25.9 Å². The van der Waals surface area contributed by atoms with Gasteiger partial charge in [0, 0.05) is 30.6 Å². The van der Waals surface area contributed by atoms with E-state index in [1.54, 1.807) is 18.0 Å². The van der Waals surface area contributed by atoms with Gasteiger partial charge in [-0.1, -0.05) is 24.3 Å². The molecule has 4 rings (SSSR count). The number of thiophene rings is 1. The number of rotatable bonds is 7. The Labute approximate surface area is 178 Å². The van der Waals surface area contributed by atoms with Gasteiger partial charge in [-0.05, 0) is 42.1 Å². The maximum Gasteiger partial charge on any atom is 0.262 e. The van der Waals surface area contributed by atoms with E-state index in [1.807, 2.05) is 61.0 Å². The van der Waals surface area contributed by atoms with E-state index in [2.05, 4.69) is 10.3 Å². The van der Waals surface area contributed by atoms with Crippen LogP contribution in [0.5, 0.6) is 0 Å². The normalized spacial score (nSPS) is 12.1. The van der Waals surface area contributed by atoms with Crippen LogP contribution >= 0.6 is 11.3 Å². The van der Waals surface area contributed by atoms with Crippen molar-refractivity contribution in [3.05, 3.63) is 82.1 Å². The summed E-state index contributed by atoms with van der Waals surface area (Å²) in [4.78, 5) is 31.4. The summed E-state index contributed by atoms with van der Waals surface area (Å²) < 4.78 is 5.60. The number of aromatic amines is 1. The summed E-state index contributed by atoms with van der Waals surface area (Å²) in [5.74, 6) is 1.09. The maximum atomic E-state index is 13.3. The van der Waals surface area contributed by atoms with Crippen molar-refractivity contribution in [3.8, 4) is 0 Å². The molecule has 30 heavy (non-hydrogen) atoms. The lowest BCUT2D eigenvalue weighted by atomic mass is 10.0. The second-order valence-corrected chi connectivity index (χ2v) is 8.22. The summed E-state index contributed by atoms with van der Waals surface area (Å²) >= 11 is 1.35. The Balaban J connectivity index is 1.57. The highest BCUT2D eigenvalue weighted by atomic mass is 32.1. The molecule has 0 fully saturated rings. The molecule has 1 atom stereocenters. The molecule has 6 nitrogen and oxygen atoms in total. The summed E-state index contributed by atoms with van der Waals surface area (Å²) in [7, 11) is 1.72. The van der Waals surface area contributed by atoms with Gasteiger partial charge in [0.15, 0.2) is 0 Å². The third-order valence-corrected chi connectivity index (χ3v) is 5.88. The standard InChI is InChI=1S/C23H23N3O3S/c1-15-9-10-17(29-15)14-26(2)23(28)20(25-22(27)21-8-5-11-30-21)12-16-13-24-19-7-4-3-6-18(16)19/h3-11,13,20,24H,12,14H2,1-2H3,(H,25,27)/t20-/m0/s1. The van der Waals surface area contributed by atoms with Gasteiger partial charge in [-0.2, -0.15) is 0 Å². The van der Waals surface area contributed by atoms with Crippen molar-refractivity contribution in [2.24, 2.45) is 0 Å². The van der Waals surface area contributed by atoms with E-state index in [1.165, 1.54) is 11.3 Å². The van der Waals surface area contributed by atoms with Crippen LogP contribution in [-0.2, 0) is 17.8 Å². The Kier molecular flexibility index (Phi) is 5.72. The predicted molar refractivity (Wildman–Crippen MR) is 117 cm³/mol. The van der Waals surface area contributed by atoms with Crippen LogP contribution in [0.4, 0.5) is 0 Å². The average molecular weight is 422 g/mol. The van der Waals surface area contributed by atoms with Crippen molar-refractivity contribution in [3.63, 3.8) is 0 Å². The van der Waals surface area contributed by atoms with Crippen molar-refractivity contribution < 1.29 is 14.0 Å². The number of fused-ring (bicyclic) bond motifs is 1. The van der Waals surface area contributed by atoms with Gasteiger partial charge in [0.05, 0.1) is 11.4 Å². The lowest BCUT2D eigenvalue weighted by Crippen LogP contribution is -2.48. The van der Waals surface area contributed by atoms with E-state index in [0.717, 1.165) is 22.2 Å². The van der Waals surface area contributed by atoms with Crippen LogP contribution in [0.3, 0.4) is 0 Å².